The van der Waals surface area contributed by atoms with Gasteiger partial charge in [0.05, 0.1) is 0 Å². The minimum absolute atomic E-state index is 0. The Kier molecular flexibility index (Phi) is 6.42. The predicted molar refractivity (Wildman–Crippen MR) is 91.0 cm³/mol. The van der Waals surface area contributed by atoms with Crippen LogP contribution < -0.4 is 16.0 Å². The quantitative estimate of drug-likeness (QED) is 0.662. The third kappa shape index (κ3) is 5.22. The maximum absolute atomic E-state index is 11.8. The van der Waals surface area contributed by atoms with Gasteiger partial charge >= 0.3 is 0 Å². The number of carbonyl (C=O) groups excluding carboxylic acids is 2. The standard InChI is InChI=1S/C17H23N3O2.ClH/c21-16(2-1-7-19-17(22)13-5-6-13)20-9-12-3-4-14-10-18-11-15(14)8-12;/h3-4,8,13,18H,1-2,5-7,9-11H2,(H,19,22)(H,20,21);1H. The van der Waals surface area contributed by atoms with E-state index in [0.29, 0.717) is 25.9 Å². The van der Waals surface area contributed by atoms with Crippen LogP contribution in [0.15, 0.2) is 18.2 Å². The molecule has 0 saturated heterocycles. The Bertz CT molecular complexity index is 573. The van der Waals surface area contributed by atoms with Crippen molar-refractivity contribution in [2.75, 3.05) is 6.54 Å². The average Bonchev–Trinajstić information content (AvgIpc) is 3.27. The van der Waals surface area contributed by atoms with Crippen molar-refractivity contribution >= 4 is 24.2 Å². The second-order valence-corrected chi connectivity index (χ2v) is 6.15. The lowest BCUT2D eigenvalue weighted by atomic mass is 10.1. The second-order valence-electron chi connectivity index (χ2n) is 6.15. The first-order valence-electron chi connectivity index (χ1n) is 8.08. The Labute approximate surface area is 143 Å². The van der Waals surface area contributed by atoms with Crippen LogP contribution in [0.5, 0.6) is 0 Å². The van der Waals surface area contributed by atoms with Crippen molar-refractivity contribution in [1.29, 1.82) is 0 Å². The molecule has 5 nitrogen and oxygen atoms in total. The van der Waals surface area contributed by atoms with E-state index in [0.717, 1.165) is 31.5 Å². The zero-order chi connectivity index (χ0) is 15.4. The van der Waals surface area contributed by atoms with Gasteiger partial charge in [0.25, 0.3) is 0 Å². The molecule has 1 aromatic carbocycles. The topological polar surface area (TPSA) is 70.2 Å². The fraction of sp³-hybridized carbons (Fsp3) is 0.529. The molecule has 0 spiro atoms. The summed E-state index contributed by atoms with van der Waals surface area (Å²) in [5, 5.41) is 9.13. The lowest BCUT2D eigenvalue weighted by molar-refractivity contribution is -0.123. The molecule has 126 valence electrons. The predicted octanol–water partition coefficient (Wildman–Crippen LogP) is 1.63. The summed E-state index contributed by atoms with van der Waals surface area (Å²) in [7, 11) is 0. The molecule has 0 atom stereocenters. The van der Waals surface area contributed by atoms with Crippen LogP contribution in [0.2, 0.25) is 0 Å². The fourth-order valence-electron chi connectivity index (χ4n) is 2.70. The van der Waals surface area contributed by atoms with E-state index in [4.69, 9.17) is 0 Å². The number of nitrogens with one attached hydrogen (secondary N) is 3. The molecule has 1 aliphatic heterocycles. The molecule has 1 aromatic rings. The van der Waals surface area contributed by atoms with E-state index >= 15 is 0 Å². The number of fused-ring (bicyclic) bond motifs is 1. The van der Waals surface area contributed by atoms with Crippen LogP contribution in [-0.4, -0.2) is 18.4 Å². The van der Waals surface area contributed by atoms with Gasteiger partial charge in [0.2, 0.25) is 11.8 Å². The van der Waals surface area contributed by atoms with Gasteiger partial charge in [0.15, 0.2) is 0 Å². The number of rotatable bonds is 7. The first kappa shape index (κ1) is 17.8. The number of hydrogen-bond acceptors (Lipinski definition) is 3. The first-order chi connectivity index (χ1) is 10.7. The summed E-state index contributed by atoms with van der Waals surface area (Å²) >= 11 is 0. The van der Waals surface area contributed by atoms with Crippen LogP contribution in [0.4, 0.5) is 0 Å². The molecule has 0 aromatic heterocycles. The van der Waals surface area contributed by atoms with E-state index in [1.54, 1.807) is 0 Å². The normalized spacial score (nSPS) is 15.5. The number of hydrogen-bond donors (Lipinski definition) is 3. The van der Waals surface area contributed by atoms with Crippen molar-refractivity contribution in [3.63, 3.8) is 0 Å². The van der Waals surface area contributed by atoms with Crippen LogP contribution in [0, 0.1) is 5.92 Å². The van der Waals surface area contributed by atoms with Crippen molar-refractivity contribution in [1.82, 2.24) is 16.0 Å². The smallest absolute Gasteiger partial charge is 0.223 e. The van der Waals surface area contributed by atoms with Crippen molar-refractivity contribution < 1.29 is 9.59 Å². The highest BCUT2D eigenvalue weighted by molar-refractivity contribution is 5.85. The van der Waals surface area contributed by atoms with Gasteiger partial charge in [-0.3, -0.25) is 9.59 Å². The van der Waals surface area contributed by atoms with Gasteiger partial charge in [-0.1, -0.05) is 18.2 Å². The molecular formula is C17H24ClN3O2. The van der Waals surface area contributed by atoms with Crippen LogP contribution in [0.1, 0.15) is 42.4 Å². The van der Waals surface area contributed by atoms with Gasteiger partial charge < -0.3 is 16.0 Å². The summed E-state index contributed by atoms with van der Waals surface area (Å²) in [4.78, 5) is 23.2. The fourth-order valence-corrected chi connectivity index (χ4v) is 2.70. The largest absolute Gasteiger partial charge is 0.356 e. The summed E-state index contributed by atoms with van der Waals surface area (Å²) in [5.74, 6) is 0.426. The Morgan fingerprint density at radius 2 is 1.91 bits per heavy atom. The van der Waals surface area contributed by atoms with E-state index in [1.165, 1.54) is 11.1 Å². The molecule has 3 N–H and O–H groups in total. The second kappa shape index (κ2) is 8.31. The summed E-state index contributed by atoms with van der Waals surface area (Å²) in [6, 6.07) is 6.36. The molecule has 3 rings (SSSR count). The van der Waals surface area contributed by atoms with Crippen molar-refractivity contribution in [3.05, 3.63) is 34.9 Å². The summed E-state index contributed by atoms with van der Waals surface area (Å²) in [5.41, 5.74) is 3.81. The van der Waals surface area contributed by atoms with Gasteiger partial charge in [-0.15, -0.1) is 12.4 Å². The van der Waals surface area contributed by atoms with Crippen LogP contribution >= 0.6 is 12.4 Å². The third-order valence-electron chi connectivity index (χ3n) is 4.22. The minimum atomic E-state index is 0. The molecule has 23 heavy (non-hydrogen) atoms. The molecule has 1 fully saturated rings. The van der Waals surface area contributed by atoms with Gasteiger partial charge in [0.1, 0.15) is 0 Å². The molecule has 6 heteroatoms. The molecule has 0 radical (unpaired) electrons. The number of halogens is 1. The van der Waals surface area contributed by atoms with Gasteiger partial charge in [-0.2, -0.15) is 0 Å². The Balaban J connectivity index is 0.00000192. The monoisotopic (exact) mass is 337 g/mol. The minimum Gasteiger partial charge on any atom is -0.356 e. The van der Waals surface area contributed by atoms with Crippen molar-refractivity contribution in [2.24, 2.45) is 5.92 Å². The number of benzene rings is 1. The molecule has 0 bridgehead atoms. The molecule has 0 unspecified atom stereocenters. The Morgan fingerprint density at radius 3 is 2.70 bits per heavy atom. The average molecular weight is 338 g/mol. The molecule has 1 heterocycles. The highest BCUT2D eigenvalue weighted by Crippen LogP contribution is 2.28. The third-order valence-corrected chi connectivity index (χ3v) is 4.22. The zero-order valence-corrected chi connectivity index (χ0v) is 14.0. The molecule has 1 aliphatic carbocycles. The number of carbonyl (C=O) groups is 2. The van der Waals surface area contributed by atoms with Gasteiger partial charge in [-0.25, -0.2) is 0 Å². The molecule has 2 aliphatic rings. The maximum Gasteiger partial charge on any atom is 0.223 e. The maximum atomic E-state index is 11.8. The van der Waals surface area contributed by atoms with Gasteiger partial charge in [-0.05, 0) is 36.0 Å². The highest BCUT2D eigenvalue weighted by atomic mass is 35.5. The van der Waals surface area contributed by atoms with E-state index in [1.807, 2.05) is 0 Å². The lowest BCUT2D eigenvalue weighted by Crippen LogP contribution is -2.28. The zero-order valence-electron chi connectivity index (χ0n) is 13.2. The number of amides is 2. The van der Waals surface area contributed by atoms with Crippen molar-refractivity contribution in [2.45, 2.75) is 45.3 Å². The van der Waals surface area contributed by atoms with E-state index in [9.17, 15) is 9.59 Å². The summed E-state index contributed by atoms with van der Waals surface area (Å²) < 4.78 is 0. The van der Waals surface area contributed by atoms with E-state index in [-0.39, 0.29) is 30.1 Å². The lowest BCUT2D eigenvalue weighted by Gasteiger charge is -2.08. The highest BCUT2D eigenvalue weighted by Gasteiger charge is 2.28. The Hall–Kier alpha value is -1.59. The van der Waals surface area contributed by atoms with Crippen LogP contribution in [0.3, 0.4) is 0 Å². The molecule has 1 saturated carbocycles. The van der Waals surface area contributed by atoms with Crippen molar-refractivity contribution in [3.8, 4) is 0 Å². The Morgan fingerprint density at radius 1 is 1.13 bits per heavy atom. The SMILES string of the molecule is Cl.O=C(CCCNC(=O)C1CC1)NCc1ccc2c(c1)CNC2. The van der Waals surface area contributed by atoms with Crippen LogP contribution in [-0.2, 0) is 29.2 Å². The summed E-state index contributed by atoms with van der Waals surface area (Å²) in [6.07, 6.45) is 3.18. The van der Waals surface area contributed by atoms with E-state index < -0.39 is 0 Å². The molecular weight excluding hydrogens is 314 g/mol. The first-order valence-corrected chi connectivity index (χ1v) is 8.08. The van der Waals surface area contributed by atoms with Gasteiger partial charge in [0, 0.05) is 38.5 Å². The van der Waals surface area contributed by atoms with E-state index in [2.05, 4.69) is 34.1 Å². The molecule has 2 amide bonds. The van der Waals surface area contributed by atoms with Crippen LogP contribution in [0.25, 0.3) is 0 Å². The summed E-state index contributed by atoms with van der Waals surface area (Å²) in [6.45, 7) is 3.01.